The molecule has 8 nitrogen and oxygen atoms in total. The number of aromatic nitrogens is 3. The van der Waals surface area contributed by atoms with Gasteiger partial charge in [-0.3, -0.25) is 9.69 Å². The maximum atomic E-state index is 13.6. The van der Waals surface area contributed by atoms with Crippen molar-refractivity contribution < 1.29 is 9.32 Å². The number of hydrogen-bond acceptors (Lipinski definition) is 5. The monoisotopic (exact) mass is 454 g/mol. The van der Waals surface area contributed by atoms with Gasteiger partial charge < -0.3 is 4.52 Å². The first-order valence-corrected chi connectivity index (χ1v) is 11.1. The van der Waals surface area contributed by atoms with Crippen LogP contribution in [0.25, 0.3) is 0 Å². The molecule has 2 aromatic carbocycles. The summed E-state index contributed by atoms with van der Waals surface area (Å²) in [7, 11) is 0. The van der Waals surface area contributed by atoms with Crippen LogP contribution >= 0.6 is 0 Å². The van der Waals surface area contributed by atoms with Crippen molar-refractivity contribution in [2.75, 3.05) is 4.90 Å². The summed E-state index contributed by atoms with van der Waals surface area (Å²) in [6, 6.07) is 19.8. The standard InChI is InChI=1S/C26H26N6O2/c1-19-25(20(2)34-28-19)18-29-17-24(14-27-29)32-21(3)30(15-22-10-6-4-7-11-22)31(26(32)33)16-23-12-8-5-9-13-23/h4-14,17H,3,15-16,18H2,1-2H3. The molecule has 0 saturated carbocycles. The first-order valence-electron chi connectivity index (χ1n) is 11.1. The van der Waals surface area contributed by atoms with Crippen LogP contribution in [0.3, 0.4) is 0 Å². The second kappa shape index (κ2) is 8.90. The molecule has 0 unspecified atom stereocenters. The minimum atomic E-state index is -0.165. The van der Waals surface area contributed by atoms with E-state index in [4.69, 9.17) is 4.52 Å². The van der Waals surface area contributed by atoms with Crippen LogP contribution < -0.4 is 4.90 Å². The van der Waals surface area contributed by atoms with E-state index in [1.165, 1.54) is 0 Å². The van der Waals surface area contributed by atoms with Crippen molar-refractivity contribution in [1.82, 2.24) is 25.0 Å². The summed E-state index contributed by atoms with van der Waals surface area (Å²) in [6.07, 6.45) is 3.54. The molecule has 1 aliphatic heterocycles. The lowest BCUT2D eigenvalue weighted by Gasteiger charge is -2.28. The van der Waals surface area contributed by atoms with Crippen molar-refractivity contribution in [2.24, 2.45) is 0 Å². The van der Waals surface area contributed by atoms with Gasteiger partial charge in [-0.1, -0.05) is 72.4 Å². The molecule has 1 saturated heterocycles. The Morgan fingerprint density at radius 2 is 1.50 bits per heavy atom. The maximum Gasteiger partial charge on any atom is 0.349 e. The molecular formula is C26H26N6O2. The average molecular weight is 455 g/mol. The lowest BCUT2D eigenvalue weighted by molar-refractivity contribution is 0.0641. The summed E-state index contributed by atoms with van der Waals surface area (Å²) < 4.78 is 7.05. The van der Waals surface area contributed by atoms with Crippen LogP contribution in [-0.4, -0.2) is 31.0 Å². The van der Waals surface area contributed by atoms with Crippen molar-refractivity contribution in [2.45, 2.75) is 33.5 Å². The largest absolute Gasteiger partial charge is 0.361 e. The molecule has 0 N–H and O–H groups in total. The summed E-state index contributed by atoms with van der Waals surface area (Å²) >= 11 is 0. The molecule has 4 aromatic rings. The Labute approximate surface area is 198 Å². The second-order valence-corrected chi connectivity index (χ2v) is 8.32. The first kappa shape index (κ1) is 21.5. The normalized spacial score (nSPS) is 13.9. The minimum Gasteiger partial charge on any atom is -0.361 e. The summed E-state index contributed by atoms with van der Waals surface area (Å²) in [5, 5.41) is 12.2. The highest BCUT2D eigenvalue weighted by Crippen LogP contribution is 2.32. The fourth-order valence-electron chi connectivity index (χ4n) is 4.13. The van der Waals surface area contributed by atoms with Gasteiger partial charge in [0.15, 0.2) is 0 Å². The van der Waals surface area contributed by atoms with Gasteiger partial charge in [0, 0.05) is 11.8 Å². The van der Waals surface area contributed by atoms with Gasteiger partial charge in [-0.2, -0.15) is 5.10 Å². The summed E-state index contributed by atoms with van der Waals surface area (Å²) in [5.41, 5.74) is 4.61. The number of anilines is 1. The molecule has 0 aliphatic carbocycles. The van der Waals surface area contributed by atoms with Crippen molar-refractivity contribution >= 4 is 11.7 Å². The molecule has 172 valence electrons. The highest BCUT2D eigenvalue weighted by molar-refractivity contribution is 5.96. The highest BCUT2D eigenvalue weighted by Gasteiger charge is 2.40. The number of hydrazine groups is 1. The van der Waals surface area contributed by atoms with Gasteiger partial charge >= 0.3 is 6.03 Å². The van der Waals surface area contributed by atoms with Gasteiger partial charge in [0.2, 0.25) is 0 Å². The fourth-order valence-corrected chi connectivity index (χ4v) is 4.13. The van der Waals surface area contributed by atoms with E-state index in [0.29, 0.717) is 31.1 Å². The van der Waals surface area contributed by atoms with Gasteiger partial charge in [-0.15, -0.1) is 0 Å². The van der Waals surface area contributed by atoms with Crippen LogP contribution in [0.15, 0.2) is 90.0 Å². The third-order valence-corrected chi connectivity index (χ3v) is 5.99. The van der Waals surface area contributed by atoms with E-state index in [2.05, 4.69) is 16.8 Å². The molecule has 0 bridgehead atoms. The molecule has 3 heterocycles. The lowest BCUT2D eigenvalue weighted by Crippen LogP contribution is -2.37. The number of rotatable bonds is 7. The van der Waals surface area contributed by atoms with E-state index < -0.39 is 0 Å². The van der Waals surface area contributed by atoms with Gasteiger partial charge in [-0.05, 0) is 25.0 Å². The lowest BCUT2D eigenvalue weighted by atomic mass is 10.2. The molecule has 0 atom stereocenters. The predicted molar refractivity (Wildman–Crippen MR) is 128 cm³/mol. The molecule has 2 aromatic heterocycles. The topological polar surface area (TPSA) is 70.6 Å². The number of aryl methyl sites for hydroxylation is 2. The number of benzene rings is 2. The molecule has 5 rings (SSSR count). The smallest absolute Gasteiger partial charge is 0.349 e. The number of carbonyl (C=O) groups excluding carboxylic acids is 1. The molecule has 34 heavy (non-hydrogen) atoms. The molecule has 0 spiro atoms. The first-order chi connectivity index (χ1) is 16.5. The summed E-state index contributed by atoms with van der Waals surface area (Å²) in [6.45, 7) is 9.54. The fraction of sp³-hybridized carbons (Fsp3) is 0.192. The van der Waals surface area contributed by atoms with Crippen LogP contribution in [0.2, 0.25) is 0 Å². The molecule has 0 radical (unpaired) electrons. The molecule has 8 heteroatoms. The van der Waals surface area contributed by atoms with E-state index in [9.17, 15) is 4.79 Å². The third-order valence-electron chi connectivity index (χ3n) is 5.99. The van der Waals surface area contributed by atoms with Crippen LogP contribution in [0.5, 0.6) is 0 Å². The van der Waals surface area contributed by atoms with Gasteiger partial charge in [-0.25, -0.2) is 14.7 Å². The number of urea groups is 1. The van der Waals surface area contributed by atoms with Gasteiger partial charge in [0.25, 0.3) is 0 Å². The SMILES string of the molecule is C=C1N(c2cnn(Cc3c(C)noc3C)c2)C(=O)N(Cc2ccccc2)N1Cc1ccccc1. The van der Waals surface area contributed by atoms with Crippen molar-refractivity contribution in [3.63, 3.8) is 0 Å². The number of amides is 2. The van der Waals surface area contributed by atoms with Crippen molar-refractivity contribution in [3.05, 3.63) is 114 Å². The highest BCUT2D eigenvalue weighted by atomic mass is 16.5. The molecule has 1 aliphatic rings. The van der Waals surface area contributed by atoms with Gasteiger partial charge in [0.05, 0.1) is 37.2 Å². The minimum absolute atomic E-state index is 0.165. The number of hydrogen-bond donors (Lipinski definition) is 0. The maximum absolute atomic E-state index is 13.6. The van der Waals surface area contributed by atoms with Crippen LogP contribution in [0.1, 0.15) is 28.1 Å². The van der Waals surface area contributed by atoms with Crippen LogP contribution in [-0.2, 0) is 19.6 Å². The zero-order valence-corrected chi connectivity index (χ0v) is 19.3. The Morgan fingerprint density at radius 1 is 0.882 bits per heavy atom. The van der Waals surface area contributed by atoms with Crippen LogP contribution in [0, 0.1) is 13.8 Å². The zero-order chi connectivity index (χ0) is 23.7. The van der Waals surface area contributed by atoms with Crippen molar-refractivity contribution in [3.8, 4) is 0 Å². The van der Waals surface area contributed by atoms with Crippen molar-refractivity contribution in [1.29, 1.82) is 0 Å². The van der Waals surface area contributed by atoms with E-state index in [1.54, 1.807) is 20.8 Å². The Morgan fingerprint density at radius 3 is 2.09 bits per heavy atom. The zero-order valence-electron chi connectivity index (χ0n) is 19.3. The van der Waals surface area contributed by atoms with E-state index in [1.807, 2.05) is 85.7 Å². The molecule has 2 amide bonds. The average Bonchev–Trinajstić information content (AvgIpc) is 3.50. The second-order valence-electron chi connectivity index (χ2n) is 8.32. The quantitative estimate of drug-likeness (QED) is 0.399. The van der Waals surface area contributed by atoms with Gasteiger partial charge in [0.1, 0.15) is 11.6 Å². The third kappa shape index (κ3) is 4.05. The number of carbonyl (C=O) groups is 1. The van der Waals surface area contributed by atoms with Crippen LogP contribution in [0.4, 0.5) is 10.5 Å². The molecular weight excluding hydrogens is 428 g/mol. The Kier molecular flexibility index (Phi) is 5.63. The summed E-state index contributed by atoms with van der Waals surface area (Å²) in [5.74, 6) is 1.35. The Bertz CT molecular complexity index is 1230. The summed E-state index contributed by atoms with van der Waals surface area (Å²) in [4.78, 5) is 15.3. The van der Waals surface area contributed by atoms with E-state index in [-0.39, 0.29) is 6.03 Å². The Hall–Kier alpha value is -4.33. The predicted octanol–water partition coefficient (Wildman–Crippen LogP) is 4.87. The number of nitrogens with zero attached hydrogens (tertiary/aromatic N) is 6. The Balaban J connectivity index is 1.44. The van der Waals surface area contributed by atoms with E-state index in [0.717, 1.165) is 28.1 Å². The molecule has 1 fully saturated rings. The van der Waals surface area contributed by atoms with E-state index >= 15 is 0 Å².